The minimum absolute atomic E-state index is 0.0164. The van der Waals surface area contributed by atoms with E-state index >= 15 is 0 Å². The number of hydrogen-bond acceptors (Lipinski definition) is 4. The number of carbonyl (C=O) groups excluding carboxylic acids is 2. The molecule has 0 aliphatic carbocycles. The van der Waals surface area contributed by atoms with E-state index in [0.717, 1.165) is 19.3 Å². The van der Waals surface area contributed by atoms with Crippen molar-refractivity contribution in [3.63, 3.8) is 0 Å². The van der Waals surface area contributed by atoms with Gasteiger partial charge in [-0.15, -0.1) is 0 Å². The fourth-order valence-corrected chi connectivity index (χ4v) is 2.55. The lowest BCUT2D eigenvalue weighted by molar-refractivity contribution is -0.144. The van der Waals surface area contributed by atoms with Gasteiger partial charge in [0.05, 0.1) is 13.5 Å². The van der Waals surface area contributed by atoms with Crippen molar-refractivity contribution in [3.8, 4) is 0 Å². The summed E-state index contributed by atoms with van der Waals surface area (Å²) in [5.74, 6) is -0.317. The molecule has 0 spiro atoms. The zero-order valence-electron chi connectivity index (χ0n) is 13.0. The van der Waals surface area contributed by atoms with Crippen LogP contribution >= 0.6 is 0 Å². The van der Waals surface area contributed by atoms with Crippen LogP contribution in [0.5, 0.6) is 0 Å². The van der Waals surface area contributed by atoms with Crippen LogP contribution in [0.4, 0.5) is 0 Å². The van der Waals surface area contributed by atoms with E-state index in [1.807, 2.05) is 30.3 Å². The van der Waals surface area contributed by atoms with Gasteiger partial charge in [0.25, 0.3) is 5.91 Å². The van der Waals surface area contributed by atoms with Gasteiger partial charge in [-0.1, -0.05) is 30.3 Å². The molecule has 1 amide bonds. The average Bonchev–Trinajstić information content (AvgIpc) is 3.09. The Morgan fingerprint density at radius 2 is 2.05 bits per heavy atom. The maximum Gasteiger partial charge on any atom is 0.307 e. The lowest BCUT2D eigenvalue weighted by Crippen LogP contribution is -2.41. The van der Waals surface area contributed by atoms with Crippen molar-refractivity contribution < 1.29 is 19.1 Å². The van der Waals surface area contributed by atoms with Crippen molar-refractivity contribution in [1.82, 2.24) is 4.90 Å². The van der Waals surface area contributed by atoms with Crippen LogP contribution in [0.25, 0.3) is 0 Å². The predicted molar refractivity (Wildman–Crippen MR) is 82.3 cm³/mol. The van der Waals surface area contributed by atoms with Gasteiger partial charge in [0.15, 0.2) is 0 Å². The molecule has 1 aromatic rings. The number of methoxy groups -OCH3 is 1. The van der Waals surface area contributed by atoms with Gasteiger partial charge >= 0.3 is 5.97 Å². The van der Waals surface area contributed by atoms with Crippen LogP contribution in [-0.2, 0) is 25.5 Å². The smallest absolute Gasteiger partial charge is 0.307 e. The number of amides is 1. The third-order valence-electron chi connectivity index (χ3n) is 3.84. The molecule has 120 valence electrons. The quantitative estimate of drug-likeness (QED) is 0.721. The Morgan fingerprint density at radius 1 is 1.27 bits per heavy atom. The summed E-state index contributed by atoms with van der Waals surface area (Å²) < 4.78 is 10.1. The number of ether oxygens (including phenoxy) is 2. The van der Waals surface area contributed by atoms with Crippen molar-refractivity contribution in [2.45, 2.75) is 31.8 Å². The summed E-state index contributed by atoms with van der Waals surface area (Å²) in [5.41, 5.74) is 1.17. The molecule has 0 aromatic heterocycles. The molecule has 0 N–H and O–H groups in total. The summed E-state index contributed by atoms with van der Waals surface area (Å²) in [7, 11) is 1.36. The maximum absolute atomic E-state index is 12.5. The second-order valence-electron chi connectivity index (χ2n) is 5.39. The molecule has 0 saturated carbocycles. The van der Waals surface area contributed by atoms with E-state index in [2.05, 4.69) is 4.74 Å². The van der Waals surface area contributed by atoms with Crippen LogP contribution in [0.2, 0.25) is 0 Å². The molecule has 0 radical (unpaired) electrons. The summed E-state index contributed by atoms with van der Waals surface area (Å²) >= 11 is 0. The fourth-order valence-electron chi connectivity index (χ4n) is 2.55. The number of esters is 1. The van der Waals surface area contributed by atoms with Crippen LogP contribution in [0, 0.1) is 0 Å². The Bertz CT molecular complexity index is 483. The molecule has 1 atom stereocenters. The van der Waals surface area contributed by atoms with Gasteiger partial charge in [-0.2, -0.15) is 0 Å². The van der Waals surface area contributed by atoms with Crippen molar-refractivity contribution in [2.75, 3.05) is 26.8 Å². The molecule has 2 rings (SSSR count). The van der Waals surface area contributed by atoms with Crippen LogP contribution in [0.3, 0.4) is 0 Å². The van der Waals surface area contributed by atoms with Crippen LogP contribution in [0.15, 0.2) is 30.3 Å². The van der Waals surface area contributed by atoms with E-state index in [9.17, 15) is 9.59 Å². The van der Waals surface area contributed by atoms with Crippen LogP contribution < -0.4 is 0 Å². The molecular weight excluding hydrogens is 282 g/mol. The van der Waals surface area contributed by atoms with Gasteiger partial charge in [0.2, 0.25) is 0 Å². The van der Waals surface area contributed by atoms with E-state index in [-0.39, 0.29) is 24.4 Å². The fraction of sp³-hybridized carbons (Fsp3) is 0.529. The first kappa shape index (κ1) is 16.5. The first-order chi connectivity index (χ1) is 10.7. The SMILES string of the molecule is COC(=O)CCN(CCc1ccccc1)C(=O)C1CCCO1. The van der Waals surface area contributed by atoms with Gasteiger partial charge in [-0.05, 0) is 24.8 Å². The molecule has 1 aromatic carbocycles. The highest BCUT2D eigenvalue weighted by Gasteiger charge is 2.28. The van der Waals surface area contributed by atoms with E-state index < -0.39 is 0 Å². The Kier molecular flexibility index (Phi) is 6.40. The average molecular weight is 305 g/mol. The summed E-state index contributed by atoms with van der Waals surface area (Å²) in [6.45, 7) is 1.60. The van der Waals surface area contributed by atoms with Crippen LogP contribution in [-0.4, -0.2) is 49.7 Å². The van der Waals surface area contributed by atoms with E-state index in [0.29, 0.717) is 19.7 Å². The zero-order valence-corrected chi connectivity index (χ0v) is 13.0. The lowest BCUT2D eigenvalue weighted by Gasteiger charge is -2.25. The van der Waals surface area contributed by atoms with Gasteiger partial charge in [-0.3, -0.25) is 9.59 Å². The minimum Gasteiger partial charge on any atom is -0.469 e. The molecule has 1 fully saturated rings. The molecule has 1 unspecified atom stereocenters. The molecule has 0 bridgehead atoms. The largest absolute Gasteiger partial charge is 0.469 e. The standard InChI is InChI=1S/C17H23NO4/c1-21-16(19)10-12-18(17(20)15-8-5-13-22-15)11-9-14-6-3-2-4-7-14/h2-4,6-7,15H,5,8-13H2,1H3. The highest BCUT2D eigenvalue weighted by molar-refractivity contribution is 5.81. The van der Waals surface area contributed by atoms with Crippen molar-refractivity contribution in [2.24, 2.45) is 0 Å². The first-order valence-corrected chi connectivity index (χ1v) is 7.72. The van der Waals surface area contributed by atoms with Crippen molar-refractivity contribution in [1.29, 1.82) is 0 Å². The third kappa shape index (κ3) is 4.84. The molecule has 1 saturated heterocycles. The molecule has 22 heavy (non-hydrogen) atoms. The molecule has 5 nitrogen and oxygen atoms in total. The van der Waals surface area contributed by atoms with Crippen molar-refractivity contribution >= 4 is 11.9 Å². The highest BCUT2D eigenvalue weighted by Crippen LogP contribution is 2.15. The topological polar surface area (TPSA) is 55.8 Å². The Hall–Kier alpha value is -1.88. The van der Waals surface area contributed by atoms with E-state index in [4.69, 9.17) is 4.74 Å². The summed E-state index contributed by atoms with van der Waals surface area (Å²) in [4.78, 5) is 25.6. The monoisotopic (exact) mass is 305 g/mol. The second kappa shape index (κ2) is 8.54. The van der Waals surface area contributed by atoms with Gasteiger partial charge in [0, 0.05) is 19.7 Å². The molecule has 5 heteroatoms. The third-order valence-corrected chi connectivity index (χ3v) is 3.84. The second-order valence-corrected chi connectivity index (χ2v) is 5.39. The minimum atomic E-state index is -0.353. The highest BCUT2D eigenvalue weighted by atomic mass is 16.5. The summed E-state index contributed by atoms with van der Waals surface area (Å²) in [6.07, 6.45) is 2.30. The first-order valence-electron chi connectivity index (χ1n) is 7.72. The van der Waals surface area contributed by atoms with Crippen molar-refractivity contribution in [3.05, 3.63) is 35.9 Å². The number of rotatable bonds is 7. The van der Waals surface area contributed by atoms with Gasteiger partial charge in [0.1, 0.15) is 6.10 Å². The normalized spacial score (nSPS) is 17.2. The molecule has 1 heterocycles. The predicted octanol–water partition coefficient (Wildman–Crippen LogP) is 1.80. The molecule has 1 aliphatic rings. The number of carbonyl (C=O) groups is 2. The van der Waals surface area contributed by atoms with Gasteiger partial charge in [-0.25, -0.2) is 0 Å². The Morgan fingerprint density at radius 3 is 2.68 bits per heavy atom. The number of nitrogens with zero attached hydrogens (tertiary/aromatic N) is 1. The maximum atomic E-state index is 12.5. The van der Waals surface area contributed by atoms with Crippen LogP contribution in [0.1, 0.15) is 24.8 Å². The van der Waals surface area contributed by atoms with E-state index in [1.54, 1.807) is 4.90 Å². The summed E-state index contributed by atoms with van der Waals surface area (Å²) in [5, 5.41) is 0. The Labute approximate surface area is 131 Å². The summed E-state index contributed by atoms with van der Waals surface area (Å²) in [6, 6.07) is 10.0. The zero-order chi connectivity index (χ0) is 15.8. The molecule has 1 aliphatic heterocycles. The number of benzene rings is 1. The van der Waals surface area contributed by atoms with E-state index in [1.165, 1.54) is 12.7 Å². The lowest BCUT2D eigenvalue weighted by atomic mass is 10.1. The number of hydrogen-bond donors (Lipinski definition) is 0. The Balaban J connectivity index is 1.93. The van der Waals surface area contributed by atoms with Gasteiger partial charge < -0.3 is 14.4 Å². The molecular formula is C17H23NO4.